The number of nitrogens with zero attached hydrogens (tertiary/aromatic N) is 2. The molecule has 0 radical (unpaired) electrons. The van der Waals surface area contributed by atoms with Crippen LogP contribution in [0.25, 0.3) is 0 Å². The molecule has 0 atom stereocenters. The molecule has 0 saturated carbocycles. The number of hydrazine groups is 1. The number of hydrogen-bond donors (Lipinski definition) is 0. The summed E-state index contributed by atoms with van der Waals surface area (Å²) in [6.07, 6.45) is 52.6. The number of allylic oxidation sites excluding steroid dienone is 1. The van der Waals surface area contributed by atoms with Gasteiger partial charge in [-0.05, 0) is 31.6 Å². The largest absolute Gasteiger partial charge is 0.311 e. The molecular formula is C52H108N2. The SMILES string of the molecule is C=C.C=C1CCCN1N(CCCCCCCC)CCCCCCCCCCCCCCCC.CCC.CCCCCCCCC(C)CCCCCCCC. The summed E-state index contributed by atoms with van der Waals surface area (Å²) < 4.78 is 0. The summed E-state index contributed by atoms with van der Waals surface area (Å²) in [7, 11) is 0. The maximum atomic E-state index is 4.33. The van der Waals surface area contributed by atoms with Crippen LogP contribution in [-0.2, 0) is 0 Å². The van der Waals surface area contributed by atoms with Gasteiger partial charge in [-0.25, -0.2) is 5.01 Å². The fourth-order valence-electron chi connectivity index (χ4n) is 7.67. The van der Waals surface area contributed by atoms with Gasteiger partial charge >= 0.3 is 0 Å². The molecule has 1 fully saturated rings. The normalized spacial score (nSPS) is 12.4. The summed E-state index contributed by atoms with van der Waals surface area (Å²) in [6, 6.07) is 0. The average molecular weight is 761 g/mol. The molecule has 1 heterocycles. The summed E-state index contributed by atoms with van der Waals surface area (Å²) in [5.41, 5.74) is 1.36. The quantitative estimate of drug-likeness (QED) is 0.0460. The highest BCUT2D eigenvalue weighted by atomic mass is 15.6. The van der Waals surface area contributed by atoms with Crippen molar-refractivity contribution >= 4 is 0 Å². The highest BCUT2D eigenvalue weighted by Gasteiger charge is 2.21. The van der Waals surface area contributed by atoms with E-state index >= 15 is 0 Å². The third-order valence-electron chi connectivity index (χ3n) is 11.2. The van der Waals surface area contributed by atoms with Crippen molar-refractivity contribution in [2.45, 2.75) is 286 Å². The lowest BCUT2D eigenvalue weighted by molar-refractivity contribution is 0.0200. The van der Waals surface area contributed by atoms with Crippen molar-refractivity contribution in [2.75, 3.05) is 19.6 Å². The first-order chi connectivity index (χ1) is 26.5. The van der Waals surface area contributed by atoms with Crippen LogP contribution in [0.5, 0.6) is 0 Å². The van der Waals surface area contributed by atoms with Crippen LogP contribution in [0, 0.1) is 5.92 Å². The van der Waals surface area contributed by atoms with Crippen molar-refractivity contribution in [1.82, 2.24) is 10.0 Å². The highest BCUT2D eigenvalue weighted by molar-refractivity contribution is 4.98. The van der Waals surface area contributed by atoms with Crippen LogP contribution >= 0.6 is 0 Å². The Bertz CT molecular complexity index is 643. The standard InChI is InChI=1S/C29H58N2.C18H38.C3H8.C2H4/c1-4-6-8-10-12-13-14-15-16-17-18-19-21-23-27-30(31-28-24-25-29(31)3)26-22-20-11-9-7-5-2;1-4-6-8-10-12-14-16-18(3)17-15-13-11-9-7-5-2;1-3-2;1-2/h3-28H2,1-2H3;18H,4-17H2,1-3H3;3H2,1-2H3;1-2H2. The molecule has 1 aliphatic heterocycles. The molecule has 0 aromatic heterocycles. The van der Waals surface area contributed by atoms with E-state index in [2.05, 4.69) is 78.2 Å². The van der Waals surface area contributed by atoms with Crippen molar-refractivity contribution in [2.24, 2.45) is 5.92 Å². The van der Waals surface area contributed by atoms with E-state index in [0.717, 1.165) is 5.92 Å². The molecule has 0 aromatic rings. The van der Waals surface area contributed by atoms with E-state index in [1.807, 2.05) is 0 Å². The first-order valence-electron chi connectivity index (χ1n) is 25.2. The van der Waals surface area contributed by atoms with Gasteiger partial charge in [0.05, 0.1) is 0 Å². The van der Waals surface area contributed by atoms with Gasteiger partial charge in [0, 0.05) is 25.3 Å². The smallest absolute Gasteiger partial charge is 0.0346 e. The molecule has 1 saturated heterocycles. The maximum Gasteiger partial charge on any atom is 0.0346 e. The second kappa shape index (κ2) is 52.2. The van der Waals surface area contributed by atoms with Crippen molar-refractivity contribution in [3.8, 4) is 0 Å². The van der Waals surface area contributed by atoms with Gasteiger partial charge in [-0.1, -0.05) is 267 Å². The minimum absolute atomic E-state index is 0.974. The fraction of sp³-hybridized carbons (Fsp3) is 0.923. The predicted octanol–water partition coefficient (Wildman–Crippen LogP) is 19.0. The van der Waals surface area contributed by atoms with Crippen molar-refractivity contribution in [1.29, 1.82) is 0 Å². The fourth-order valence-corrected chi connectivity index (χ4v) is 7.67. The van der Waals surface area contributed by atoms with Gasteiger partial charge in [0.1, 0.15) is 0 Å². The Morgan fingerprint density at radius 2 is 0.704 bits per heavy atom. The zero-order valence-electron chi connectivity index (χ0n) is 39.4. The minimum atomic E-state index is 0.974. The first-order valence-corrected chi connectivity index (χ1v) is 25.2. The van der Waals surface area contributed by atoms with E-state index in [1.165, 1.54) is 263 Å². The summed E-state index contributed by atoms with van der Waals surface area (Å²) in [4.78, 5) is 0. The first kappa shape index (κ1) is 57.6. The second-order valence-corrected chi connectivity index (χ2v) is 17.0. The van der Waals surface area contributed by atoms with Gasteiger partial charge < -0.3 is 5.01 Å². The van der Waals surface area contributed by atoms with E-state index in [-0.39, 0.29) is 0 Å². The van der Waals surface area contributed by atoms with E-state index in [9.17, 15) is 0 Å². The highest BCUT2D eigenvalue weighted by Crippen LogP contribution is 2.23. The Kier molecular flexibility index (Phi) is 55.7. The molecule has 0 aliphatic carbocycles. The molecule has 54 heavy (non-hydrogen) atoms. The number of hydrogen-bond acceptors (Lipinski definition) is 2. The van der Waals surface area contributed by atoms with Gasteiger partial charge in [0.15, 0.2) is 0 Å². The second-order valence-electron chi connectivity index (χ2n) is 17.0. The lowest BCUT2D eigenvalue weighted by Gasteiger charge is -2.34. The van der Waals surface area contributed by atoms with Gasteiger partial charge in [-0.15, -0.1) is 13.2 Å². The summed E-state index contributed by atoms with van der Waals surface area (Å²) >= 11 is 0. The monoisotopic (exact) mass is 761 g/mol. The molecule has 0 aromatic carbocycles. The lowest BCUT2D eigenvalue weighted by atomic mass is 9.96. The van der Waals surface area contributed by atoms with Crippen molar-refractivity contribution < 1.29 is 0 Å². The van der Waals surface area contributed by atoms with Crippen LogP contribution in [0.1, 0.15) is 286 Å². The molecule has 326 valence electrons. The summed E-state index contributed by atoms with van der Waals surface area (Å²) in [6.45, 7) is 29.9. The van der Waals surface area contributed by atoms with Crippen LogP contribution in [-0.4, -0.2) is 29.7 Å². The number of unbranched alkanes of at least 4 members (excludes halogenated alkanes) is 28. The van der Waals surface area contributed by atoms with Gasteiger partial charge in [0.25, 0.3) is 0 Å². The molecule has 1 rings (SSSR count). The molecular weight excluding hydrogens is 653 g/mol. The number of rotatable bonds is 37. The van der Waals surface area contributed by atoms with E-state index in [0.29, 0.717) is 0 Å². The van der Waals surface area contributed by atoms with E-state index < -0.39 is 0 Å². The predicted molar refractivity (Wildman–Crippen MR) is 253 cm³/mol. The van der Waals surface area contributed by atoms with Crippen LogP contribution in [0.15, 0.2) is 25.4 Å². The van der Waals surface area contributed by atoms with Gasteiger partial charge in [0.2, 0.25) is 0 Å². The Hall–Kier alpha value is -0.760. The molecule has 0 unspecified atom stereocenters. The van der Waals surface area contributed by atoms with E-state index in [4.69, 9.17) is 0 Å². The Morgan fingerprint density at radius 3 is 0.963 bits per heavy atom. The minimum Gasteiger partial charge on any atom is -0.311 e. The summed E-state index contributed by atoms with van der Waals surface area (Å²) in [5, 5.41) is 5.17. The third-order valence-corrected chi connectivity index (χ3v) is 11.2. The van der Waals surface area contributed by atoms with E-state index in [1.54, 1.807) is 0 Å². The summed E-state index contributed by atoms with van der Waals surface area (Å²) in [5.74, 6) is 0.974. The maximum absolute atomic E-state index is 4.33. The molecule has 2 heteroatoms. The lowest BCUT2D eigenvalue weighted by Crippen LogP contribution is -2.40. The van der Waals surface area contributed by atoms with Gasteiger partial charge in [-0.3, -0.25) is 0 Å². The Labute approximate surface area is 345 Å². The Balaban J connectivity index is -0.000000958. The van der Waals surface area contributed by atoms with Crippen LogP contribution < -0.4 is 0 Å². The van der Waals surface area contributed by atoms with Gasteiger partial charge in [-0.2, -0.15) is 0 Å². The molecule has 0 amide bonds. The van der Waals surface area contributed by atoms with Crippen LogP contribution in [0.3, 0.4) is 0 Å². The third kappa shape index (κ3) is 45.6. The average Bonchev–Trinajstić information content (AvgIpc) is 3.61. The van der Waals surface area contributed by atoms with Crippen molar-refractivity contribution in [3.05, 3.63) is 25.4 Å². The molecule has 0 N–H and O–H groups in total. The van der Waals surface area contributed by atoms with Crippen LogP contribution in [0.4, 0.5) is 0 Å². The molecule has 0 bridgehead atoms. The molecule has 2 nitrogen and oxygen atoms in total. The molecule has 0 spiro atoms. The Morgan fingerprint density at radius 1 is 0.444 bits per heavy atom. The van der Waals surface area contributed by atoms with Crippen LogP contribution in [0.2, 0.25) is 0 Å². The zero-order chi connectivity index (χ0) is 40.6. The van der Waals surface area contributed by atoms with Crippen molar-refractivity contribution in [3.63, 3.8) is 0 Å². The zero-order valence-corrected chi connectivity index (χ0v) is 39.4. The topological polar surface area (TPSA) is 6.48 Å². The molecule has 1 aliphatic rings.